The Labute approximate surface area is 394 Å². The molecule has 5 aromatic heterocycles. The van der Waals surface area contributed by atoms with Gasteiger partial charge in [-0.1, -0.05) is 12.1 Å². The van der Waals surface area contributed by atoms with Gasteiger partial charge in [0.15, 0.2) is 0 Å². The molecule has 2 atom stereocenters. The number of aromatic nitrogens is 8. The van der Waals surface area contributed by atoms with Crippen molar-refractivity contribution in [3.63, 3.8) is 0 Å². The maximum atomic E-state index is 12.7. The molecule has 2 fully saturated rings. The minimum absolute atomic E-state index is 0.0668. The second kappa shape index (κ2) is 20.0. The van der Waals surface area contributed by atoms with Crippen LogP contribution in [0.4, 0.5) is 0 Å². The second-order valence-corrected chi connectivity index (χ2v) is 17.6. The Morgan fingerprint density at radius 2 is 1.21 bits per heavy atom. The van der Waals surface area contributed by atoms with E-state index in [1.165, 1.54) is 0 Å². The van der Waals surface area contributed by atoms with Gasteiger partial charge in [0.05, 0.1) is 46.9 Å². The molecule has 4 aliphatic heterocycles. The zero-order valence-electron chi connectivity index (χ0n) is 37.0. The number of aryl methyl sites for hydroxylation is 3. The molecule has 16 nitrogen and oxygen atoms in total. The Hall–Kier alpha value is -6.69. The van der Waals surface area contributed by atoms with E-state index in [-0.39, 0.29) is 23.6 Å². The summed E-state index contributed by atoms with van der Waals surface area (Å²) in [6, 6.07) is 27.3. The van der Waals surface area contributed by atoms with Crippen molar-refractivity contribution in [1.82, 2.24) is 38.9 Å². The zero-order valence-corrected chi connectivity index (χ0v) is 38.6. The number of nitrogens with zero attached hydrogens (tertiary/aromatic N) is 8. The third-order valence-corrected chi connectivity index (χ3v) is 12.6. The van der Waals surface area contributed by atoms with Crippen LogP contribution in [-0.2, 0) is 55.7 Å². The molecule has 9 heterocycles. The van der Waals surface area contributed by atoms with Crippen molar-refractivity contribution in [2.45, 2.75) is 77.0 Å². The Morgan fingerprint density at radius 3 is 1.72 bits per heavy atom. The van der Waals surface area contributed by atoms with Crippen molar-refractivity contribution in [2.24, 2.45) is 7.05 Å². The number of fused-ring (bicyclic) bond motifs is 6. The highest BCUT2D eigenvalue weighted by molar-refractivity contribution is 9.10. The minimum Gasteiger partial charge on any atom is -0.487 e. The van der Waals surface area contributed by atoms with Gasteiger partial charge in [0.1, 0.15) is 42.5 Å². The molecular formula is C50H49BrN8O8. The molecular weight excluding hydrogens is 921 g/mol. The minimum atomic E-state index is -0.291. The third kappa shape index (κ3) is 10.5. The van der Waals surface area contributed by atoms with Crippen molar-refractivity contribution >= 4 is 15.9 Å². The van der Waals surface area contributed by atoms with Crippen LogP contribution in [0.15, 0.2) is 112 Å². The SMILES string of the molecule is Cn1cc(-c2cccc(COc3ccc4c(c3)CCn3c-4cc(OCC4CCCO4)nc3=O)n2)cn1.O=c1nc(OCC2CCCO2)cc2n1CCc1cc(OCc3cccc(Br)n3)ccc1-2. The van der Waals surface area contributed by atoms with E-state index in [4.69, 9.17) is 33.4 Å². The van der Waals surface area contributed by atoms with E-state index < -0.39 is 0 Å². The van der Waals surface area contributed by atoms with E-state index >= 15 is 0 Å². The molecule has 0 spiro atoms. The van der Waals surface area contributed by atoms with Crippen LogP contribution in [0.25, 0.3) is 33.8 Å². The zero-order chi connectivity index (χ0) is 45.7. The topological polar surface area (TPSA) is 169 Å². The number of hydrogen-bond donors (Lipinski definition) is 0. The summed E-state index contributed by atoms with van der Waals surface area (Å²) in [4.78, 5) is 42.5. The van der Waals surface area contributed by atoms with Crippen LogP contribution in [0.2, 0.25) is 0 Å². The average Bonchev–Trinajstić information content (AvgIpc) is 4.16. The molecule has 4 aliphatic rings. The number of benzene rings is 2. The van der Waals surface area contributed by atoms with Crippen molar-refractivity contribution in [1.29, 1.82) is 0 Å². The predicted octanol–water partition coefficient (Wildman–Crippen LogP) is 7.16. The highest BCUT2D eigenvalue weighted by Gasteiger charge is 2.24. The van der Waals surface area contributed by atoms with Crippen LogP contribution in [0, 0.1) is 0 Å². The molecule has 344 valence electrons. The molecule has 67 heavy (non-hydrogen) atoms. The number of rotatable bonds is 13. The lowest BCUT2D eigenvalue weighted by atomic mass is 9.97. The summed E-state index contributed by atoms with van der Waals surface area (Å²) in [5.41, 5.74) is 8.83. The first-order chi connectivity index (χ1) is 32.8. The largest absolute Gasteiger partial charge is 0.487 e. The van der Waals surface area contributed by atoms with Gasteiger partial charge in [-0.3, -0.25) is 13.8 Å². The molecule has 7 aromatic rings. The molecule has 0 saturated carbocycles. The molecule has 2 saturated heterocycles. The molecule has 17 heteroatoms. The van der Waals surface area contributed by atoms with Crippen LogP contribution >= 0.6 is 15.9 Å². The fourth-order valence-electron chi connectivity index (χ4n) is 8.72. The maximum absolute atomic E-state index is 12.7. The van der Waals surface area contributed by atoms with E-state index in [0.717, 1.165) is 124 Å². The van der Waals surface area contributed by atoms with Gasteiger partial charge in [-0.25, -0.2) is 19.6 Å². The van der Waals surface area contributed by atoms with Crippen molar-refractivity contribution in [3.05, 3.63) is 145 Å². The number of halogens is 1. The highest BCUT2D eigenvalue weighted by Crippen LogP contribution is 2.34. The summed E-state index contributed by atoms with van der Waals surface area (Å²) in [6.07, 6.45) is 9.39. The van der Waals surface area contributed by atoms with Gasteiger partial charge in [0, 0.05) is 68.4 Å². The summed E-state index contributed by atoms with van der Waals surface area (Å²) < 4.78 is 40.8. The van der Waals surface area contributed by atoms with E-state index in [2.05, 4.69) is 36.0 Å². The molecule has 2 aromatic carbocycles. The lowest BCUT2D eigenvalue weighted by Gasteiger charge is -2.22. The second-order valence-electron chi connectivity index (χ2n) is 16.8. The lowest BCUT2D eigenvalue weighted by Crippen LogP contribution is -2.29. The van der Waals surface area contributed by atoms with Crippen LogP contribution in [0.3, 0.4) is 0 Å². The smallest absolute Gasteiger partial charge is 0.351 e. The molecule has 2 unspecified atom stereocenters. The van der Waals surface area contributed by atoms with Crippen LogP contribution in [0.1, 0.15) is 48.2 Å². The van der Waals surface area contributed by atoms with Crippen LogP contribution in [-0.4, -0.2) is 77.5 Å². The van der Waals surface area contributed by atoms with Gasteiger partial charge >= 0.3 is 11.4 Å². The van der Waals surface area contributed by atoms with Gasteiger partial charge in [0.2, 0.25) is 11.8 Å². The third-order valence-electron chi connectivity index (χ3n) is 12.1. The standard InChI is InChI=1S/C27H27N5O4.C23H22BrN3O4/c1-31-15-19(14-28-31)24-6-2-4-20(29-24)16-35-21-7-8-23-18(12-21)9-10-32-25(23)13-26(30-27(32)33)36-17-22-5-3-11-34-22;24-21-5-1-3-16(25-21)13-30-17-6-7-19-15(11-17)8-9-27-20(19)12-22(26-23(27)28)31-14-18-4-2-10-29-18/h2,4,6-8,12-15,22H,3,5,9-11,16-17H2,1H3;1,3,5-7,11-12,18H,2,4,8-10,13-14H2. The summed E-state index contributed by atoms with van der Waals surface area (Å²) in [5, 5.41) is 4.22. The van der Waals surface area contributed by atoms with E-state index in [1.807, 2.05) is 98.2 Å². The first-order valence-corrected chi connectivity index (χ1v) is 23.4. The summed E-state index contributed by atoms with van der Waals surface area (Å²) in [5.74, 6) is 2.23. The first-order valence-electron chi connectivity index (χ1n) is 22.6. The summed E-state index contributed by atoms with van der Waals surface area (Å²) in [7, 11) is 1.89. The summed E-state index contributed by atoms with van der Waals surface area (Å²) >= 11 is 3.38. The number of hydrogen-bond acceptors (Lipinski definition) is 13. The molecule has 11 rings (SSSR count). The molecule has 0 amide bonds. The lowest BCUT2D eigenvalue weighted by molar-refractivity contribution is 0.0661. The first kappa shape index (κ1) is 44.2. The summed E-state index contributed by atoms with van der Waals surface area (Å²) in [6.45, 7) is 4.25. The number of pyridine rings is 2. The van der Waals surface area contributed by atoms with Crippen molar-refractivity contribution < 1.29 is 28.4 Å². The van der Waals surface area contributed by atoms with Crippen molar-refractivity contribution in [2.75, 3.05) is 26.4 Å². The molecule has 0 aliphatic carbocycles. The van der Waals surface area contributed by atoms with Gasteiger partial charge in [-0.2, -0.15) is 15.1 Å². The van der Waals surface area contributed by atoms with E-state index in [1.54, 1.807) is 20.0 Å². The maximum Gasteiger partial charge on any atom is 0.351 e. The highest BCUT2D eigenvalue weighted by atomic mass is 79.9. The number of ether oxygens (including phenoxy) is 6. The Morgan fingerprint density at radius 1 is 0.657 bits per heavy atom. The van der Waals surface area contributed by atoms with Crippen LogP contribution < -0.4 is 30.3 Å². The van der Waals surface area contributed by atoms with Crippen LogP contribution in [0.5, 0.6) is 23.3 Å². The Kier molecular flexibility index (Phi) is 13.2. The Bertz CT molecular complexity index is 3010. The van der Waals surface area contributed by atoms with Gasteiger partial charge in [-0.05, 0) is 126 Å². The van der Waals surface area contributed by atoms with Gasteiger partial charge in [0.25, 0.3) is 0 Å². The average molecular weight is 970 g/mol. The quantitative estimate of drug-likeness (QED) is 0.107. The van der Waals surface area contributed by atoms with Gasteiger partial charge in [-0.15, -0.1) is 0 Å². The molecule has 0 bridgehead atoms. The fraction of sp³-hybridized carbons (Fsp3) is 0.340. The van der Waals surface area contributed by atoms with Gasteiger partial charge < -0.3 is 28.4 Å². The monoisotopic (exact) mass is 968 g/mol. The predicted molar refractivity (Wildman–Crippen MR) is 251 cm³/mol. The van der Waals surface area contributed by atoms with Crippen molar-refractivity contribution in [3.8, 4) is 57.0 Å². The molecule has 0 N–H and O–H groups in total. The van der Waals surface area contributed by atoms with E-state index in [9.17, 15) is 9.59 Å². The van der Waals surface area contributed by atoms with E-state index in [0.29, 0.717) is 51.3 Å². The fourth-order valence-corrected chi connectivity index (χ4v) is 9.10. The molecule has 0 radical (unpaired) electrons. The Balaban J connectivity index is 0.000000159. The normalized spacial score (nSPS) is 16.7.